The lowest BCUT2D eigenvalue weighted by atomic mass is 10.1. The van der Waals surface area contributed by atoms with E-state index in [0.29, 0.717) is 13.1 Å². The Morgan fingerprint density at radius 1 is 1.50 bits per heavy atom. The van der Waals surface area contributed by atoms with Crippen molar-refractivity contribution in [2.45, 2.75) is 26.3 Å². The van der Waals surface area contributed by atoms with Gasteiger partial charge in [0.25, 0.3) is 0 Å². The Bertz CT molecular complexity index is 151. The standard InChI is InChI=1S/C8H19N3O/c1-8(2,3)10-7(12)11(4)6-5-9/h5-6,9H2,1-4H3,(H,10,12). The molecule has 4 heteroatoms. The molecule has 0 aliphatic heterocycles. The van der Waals surface area contributed by atoms with Crippen LogP contribution in [0.3, 0.4) is 0 Å². The van der Waals surface area contributed by atoms with Gasteiger partial charge in [0.2, 0.25) is 0 Å². The van der Waals surface area contributed by atoms with Gasteiger partial charge in [-0.3, -0.25) is 0 Å². The molecule has 0 aliphatic rings. The van der Waals surface area contributed by atoms with Crippen LogP contribution in [0.15, 0.2) is 0 Å². The number of urea groups is 1. The smallest absolute Gasteiger partial charge is 0.317 e. The summed E-state index contributed by atoms with van der Waals surface area (Å²) in [6, 6.07) is -0.0760. The Morgan fingerprint density at radius 3 is 2.33 bits per heavy atom. The van der Waals surface area contributed by atoms with Crippen LogP contribution in [0.5, 0.6) is 0 Å². The molecule has 0 fully saturated rings. The molecule has 12 heavy (non-hydrogen) atoms. The van der Waals surface area contributed by atoms with E-state index in [1.165, 1.54) is 0 Å². The average molecular weight is 173 g/mol. The van der Waals surface area contributed by atoms with Crippen molar-refractivity contribution in [1.82, 2.24) is 10.2 Å². The number of rotatable bonds is 2. The summed E-state index contributed by atoms with van der Waals surface area (Å²) in [5.74, 6) is 0. The van der Waals surface area contributed by atoms with Crippen molar-refractivity contribution in [1.29, 1.82) is 0 Å². The predicted molar refractivity (Wildman–Crippen MR) is 50.0 cm³/mol. The second-order valence-corrected chi connectivity index (χ2v) is 3.89. The van der Waals surface area contributed by atoms with E-state index in [1.54, 1.807) is 11.9 Å². The lowest BCUT2D eigenvalue weighted by Gasteiger charge is -2.25. The van der Waals surface area contributed by atoms with Crippen molar-refractivity contribution in [2.24, 2.45) is 5.73 Å². The van der Waals surface area contributed by atoms with Gasteiger partial charge in [-0.05, 0) is 20.8 Å². The zero-order chi connectivity index (χ0) is 9.78. The number of carbonyl (C=O) groups excluding carboxylic acids is 1. The number of nitrogens with zero attached hydrogens (tertiary/aromatic N) is 1. The SMILES string of the molecule is CN(CCN)C(=O)NC(C)(C)C. The highest BCUT2D eigenvalue weighted by Crippen LogP contribution is 1.99. The fourth-order valence-corrected chi connectivity index (χ4v) is 0.711. The first-order valence-corrected chi connectivity index (χ1v) is 4.10. The number of likely N-dealkylation sites (N-methyl/N-ethyl adjacent to an activating group) is 1. The molecule has 72 valence electrons. The number of amides is 2. The molecule has 2 amide bonds. The molecule has 0 radical (unpaired) electrons. The molecular weight excluding hydrogens is 154 g/mol. The van der Waals surface area contributed by atoms with E-state index in [-0.39, 0.29) is 11.6 Å². The van der Waals surface area contributed by atoms with Gasteiger partial charge in [-0.1, -0.05) is 0 Å². The van der Waals surface area contributed by atoms with Crippen molar-refractivity contribution < 1.29 is 4.79 Å². The summed E-state index contributed by atoms with van der Waals surface area (Å²) < 4.78 is 0. The number of hydrogen-bond acceptors (Lipinski definition) is 2. The quantitative estimate of drug-likeness (QED) is 0.634. The maximum atomic E-state index is 11.3. The van der Waals surface area contributed by atoms with Crippen LogP contribution in [0.25, 0.3) is 0 Å². The Balaban J connectivity index is 3.87. The molecule has 0 aromatic heterocycles. The van der Waals surface area contributed by atoms with Crippen LogP contribution < -0.4 is 11.1 Å². The molecule has 0 aromatic carbocycles. The predicted octanol–water partition coefficient (Wildman–Crippen LogP) is 0.385. The third-order valence-electron chi connectivity index (χ3n) is 1.29. The minimum absolute atomic E-state index is 0.0760. The lowest BCUT2D eigenvalue weighted by molar-refractivity contribution is 0.200. The van der Waals surface area contributed by atoms with Crippen LogP contribution >= 0.6 is 0 Å². The molecule has 0 aromatic rings. The molecule has 0 heterocycles. The van der Waals surface area contributed by atoms with Crippen LogP contribution in [0.4, 0.5) is 4.79 Å². The van der Waals surface area contributed by atoms with Crippen LogP contribution in [0.1, 0.15) is 20.8 Å². The van der Waals surface area contributed by atoms with E-state index in [9.17, 15) is 4.79 Å². The van der Waals surface area contributed by atoms with Gasteiger partial charge in [0.05, 0.1) is 0 Å². The molecule has 0 saturated carbocycles. The van der Waals surface area contributed by atoms with Gasteiger partial charge in [-0.2, -0.15) is 0 Å². The summed E-state index contributed by atoms with van der Waals surface area (Å²) in [6.45, 7) is 6.92. The maximum Gasteiger partial charge on any atom is 0.317 e. The molecule has 0 saturated heterocycles. The Kier molecular flexibility index (Phi) is 4.03. The van der Waals surface area contributed by atoms with Crippen LogP contribution in [-0.2, 0) is 0 Å². The van der Waals surface area contributed by atoms with Crippen molar-refractivity contribution >= 4 is 6.03 Å². The first-order chi connectivity index (χ1) is 5.37. The van der Waals surface area contributed by atoms with E-state index in [1.807, 2.05) is 20.8 Å². The van der Waals surface area contributed by atoms with E-state index in [4.69, 9.17) is 5.73 Å². The largest absolute Gasteiger partial charge is 0.333 e. The number of hydrogen-bond donors (Lipinski definition) is 2. The Morgan fingerprint density at radius 2 is 2.00 bits per heavy atom. The van der Waals surface area contributed by atoms with Gasteiger partial charge >= 0.3 is 6.03 Å². The van der Waals surface area contributed by atoms with Crippen molar-refractivity contribution in [3.63, 3.8) is 0 Å². The Labute approximate surface area is 74.1 Å². The molecule has 0 aliphatic carbocycles. The highest BCUT2D eigenvalue weighted by atomic mass is 16.2. The topological polar surface area (TPSA) is 58.4 Å². The monoisotopic (exact) mass is 173 g/mol. The van der Waals surface area contributed by atoms with Crippen molar-refractivity contribution in [3.8, 4) is 0 Å². The lowest BCUT2D eigenvalue weighted by Crippen LogP contribution is -2.48. The summed E-state index contributed by atoms with van der Waals surface area (Å²) in [7, 11) is 1.73. The minimum Gasteiger partial charge on any atom is -0.333 e. The molecule has 0 unspecified atom stereocenters. The van der Waals surface area contributed by atoms with Gasteiger partial charge in [0.15, 0.2) is 0 Å². The van der Waals surface area contributed by atoms with Crippen LogP contribution in [0.2, 0.25) is 0 Å². The zero-order valence-corrected chi connectivity index (χ0v) is 8.35. The van der Waals surface area contributed by atoms with Crippen LogP contribution in [0, 0.1) is 0 Å². The molecule has 0 rings (SSSR count). The van der Waals surface area contributed by atoms with Gasteiger partial charge < -0.3 is 16.0 Å². The summed E-state index contributed by atoms with van der Waals surface area (Å²) >= 11 is 0. The van der Waals surface area contributed by atoms with E-state index in [0.717, 1.165) is 0 Å². The molecule has 3 N–H and O–H groups in total. The minimum atomic E-state index is -0.181. The molecule has 4 nitrogen and oxygen atoms in total. The van der Waals surface area contributed by atoms with Gasteiger partial charge in [-0.25, -0.2) is 4.79 Å². The summed E-state index contributed by atoms with van der Waals surface area (Å²) in [4.78, 5) is 12.9. The molecular formula is C8H19N3O. The number of carbonyl (C=O) groups is 1. The second kappa shape index (κ2) is 4.30. The normalized spacial score (nSPS) is 11.1. The highest BCUT2D eigenvalue weighted by molar-refractivity contribution is 5.74. The summed E-state index contributed by atoms with van der Waals surface area (Å²) in [5, 5.41) is 2.84. The van der Waals surface area contributed by atoms with E-state index < -0.39 is 0 Å². The van der Waals surface area contributed by atoms with E-state index >= 15 is 0 Å². The zero-order valence-electron chi connectivity index (χ0n) is 8.35. The number of nitrogens with one attached hydrogen (secondary N) is 1. The summed E-state index contributed by atoms with van der Waals surface area (Å²) in [5.41, 5.74) is 5.13. The maximum absolute atomic E-state index is 11.3. The average Bonchev–Trinajstić information content (AvgIpc) is 1.84. The number of nitrogens with two attached hydrogens (primary N) is 1. The van der Waals surface area contributed by atoms with Gasteiger partial charge in [0.1, 0.15) is 0 Å². The van der Waals surface area contributed by atoms with Gasteiger partial charge in [0, 0.05) is 25.7 Å². The Hall–Kier alpha value is -0.770. The van der Waals surface area contributed by atoms with Crippen molar-refractivity contribution in [2.75, 3.05) is 20.1 Å². The van der Waals surface area contributed by atoms with E-state index in [2.05, 4.69) is 5.32 Å². The third kappa shape index (κ3) is 4.96. The fraction of sp³-hybridized carbons (Fsp3) is 0.875. The molecule has 0 atom stereocenters. The molecule has 0 spiro atoms. The van der Waals surface area contributed by atoms with Crippen LogP contribution in [-0.4, -0.2) is 36.6 Å². The summed E-state index contributed by atoms with van der Waals surface area (Å²) in [6.07, 6.45) is 0. The fourth-order valence-electron chi connectivity index (χ4n) is 0.711. The highest BCUT2D eigenvalue weighted by Gasteiger charge is 2.15. The van der Waals surface area contributed by atoms with Crippen molar-refractivity contribution in [3.05, 3.63) is 0 Å². The van der Waals surface area contributed by atoms with Gasteiger partial charge in [-0.15, -0.1) is 0 Å². The third-order valence-corrected chi connectivity index (χ3v) is 1.29. The first kappa shape index (κ1) is 11.2. The molecule has 0 bridgehead atoms. The first-order valence-electron chi connectivity index (χ1n) is 4.10. The second-order valence-electron chi connectivity index (χ2n) is 3.89.